The summed E-state index contributed by atoms with van der Waals surface area (Å²) in [4.78, 5) is 15.2. The molecule has 1 saturated heterocycles. The molecule has 1 unspecified atom stereocenters. The van der Waals surface area contributed by atoms with Crippen LogP contribution in [0.1, 0.15) is 28.8 Å². The van der Waals surface area contributed by atoms with Crippen molar-refractivity contribution in [2.24, 2.45) is 10.7 Å². The summed E-state index contributed by atoms with van der Waals surface area (Å²) in [5.74, 6) is 0.327. The van der Waals surface area contributed by atoms with Gasteiger partial charge in [0, 0.05) is 32.3 Å². The normalized spacial score (nSPS) is 17.7. The Bertz CT molecular complexity index is 499. The van der Waals surface area contributed by atoms with Crippen LogP contribution in [-0.2, 0) is 11.3 Å². The number of hydrogen-bond donors (Lipinski definition) is 3. The highest BCUT2D eigenvalue weighted by molar-refractivity contribution is 14.0. The highest BCUT2D eigenvalue weighted by Crippen LogP contribution is 2.10. The number of ether oxygens (including phenoxy) is 1. The zero-order valence-corrected chi connectivity index (χ0v) is 15.0. The van der Waals surface area contributed by atoms with Gasteiger partial charge in [0.15, 0.2) is 5.96 Å². The summed E-state index contributed by atoms with van der Waals surface area (Å²) < 4.78 is 5.56. The van der Waals surface area contributed by atoms with Crippen molar-refractivity contribution < 1.29 is 9.53 Å². The van der Waals surface area contributed by atoms with E-state index in [0.29, 0.717) is 12.1 Å². The Labute approximate surface area is 147 Å². The smallest absolute Gasteiger partial charge is 0.248 e. The maximum atomic E-state index is 11.0. The average molecular weight is 418 g/mol. The molecule has 1 heterocycles. The zero-order chi connectivity index (χ0) is 15.1. The maximum Gasteiger partial charge on any atom is 0.248 e. The molecule has 2 rings (SSSR count). The van der Waals surface area contributed by atoms with Gasteiger partial charge in [-0.25, -0.2) is 0 Å². The van der Waals surface area contributed by atoms with Crippen LogP contribution in [0.5, 0.6) is 0 Å². The van der Waals surface area contributed by atoms with Crippen LogP contribution in [0.25, 0.3) is 0 Å². The minimum absolute atomic E-state index is 0. The van der Waals surface area contributed by atoms with Crippen molar-refractivity contribution in [2.45, 2.75) is 25.5 Å². The van der Waals surface area contributed by atoms with E-state index in [9.17, 15) is 4.79 Å². The topological polar surface area (TPSA) is 88.7 Å². The molecule has 0 spiro atoms. The Kier molecular flexibility index (Phi) is 8.18. The molecule has 0 bridgehead atoms. The van der Waals surface area contributed by atoms with Gasteiger partial charge < -0.3 is 21.1 Å². The summed E-state index contributed by atoms with van der Waals surface area (Å²) in [6.07, 6.45) is 2.50. The molecule has 0 aromatic heterocycles. The molecule has 22 heavy (non-hydrogen) atoms. The standard InChI is InChI=1S/C15H22N4O2.HI/c1-17-15(19-10-13-3-2-8-21-13)18-9-11-4-6-12(7-5-11)14(16)20;/h4-7,13H,2-3,8-10H2,1H3,(H2,16,20)(H2,17,18,19);1H. The first-order chi connectivity index (χ1) is 10.2. The fourth-order valence-electron chi connectivity index (χ4n) is 2.21. The van der Waals surface area contributed by atoms with Crippen LogP contribution < -0.4 is 16.4 Å². The first kappa shape index (κ1) is 18.7. The van der Waals surface area contributed by atoms with E-state index in [1.807, 2.05) is 12.1 Å². The second-order valence-electron chi connectivity index (χ2n) is 5.00. The van der Waals surface area contributed by atoms with E-state index in [4.69, 9.17) is 10.5 Å². The predicted molar refractivity (Wildman–Crippen MR) is 97.6 cm³/mol. The van der Waals surface area contributed by atoms with Gasteiger partial charge in [-0.15, -0.1) is 24.0 Å². The summed E-state index contributed by atoms with van der Waals surface area (Å²) in [6.45, 7) is 2.25. The van der Waals surface area contributed by atoms with Gasteiger partial charge in [-0.1, -0.05) is 12.1 Å². The van der Waals surface area contributed by atoms with Crippen molar-refractivity contribution in [1.29, 1.82) is 0 Å². The lowest BCUT2D eigenvalue weighted by molar-refractivity contribution is 0.1000. The van der Waals surface area contributed by atoms with Crippen LogP contribution in [0.2, 0.25) is 0 Å². The molecule has 1 fully saturated rings. The van der Waals surface area contributed by atoms with Gasteiger partial charge in [0.25, 0.3) is 0 Å². The van der Waals surface area contributed by atoms with Crippen LogP contribution in [0.4, 0.5) is 0 Å². The molecule has 4 N–H and O–H groups in total. The first-order valence-electron chi connectivity index (χ1n) is 7.14. The maximum absolute atomic E-state index is 11.0. The summed E-state index contributed by atoms with van der Waals surface area (Å²) in [7, 11) is 1.74. The van der Waals surface area contributed by atoms with Crippen LogP contribution in [-0.4, -0.2) is 38.2 Å². The van der Waals surface area contributed by atoms with Crippen molar-refractivity contribution in [3.63, 3.8) is 0 Å². The molecule has 6 nitrogen and oxygen atoms in total. The number of carbonyl (C=O) groups excluding carboxylic acids is 1. The van der Waals surface area contributed by atoms with E-state index < -0.39 is 5.91 Å². The number of nitrogens with one attached hydrogen (secondary N) is 2. The summed E-state index contributed by atoms with van der Waals surface area (Å²) >= 11 is 0. The molecular formula is C15H23IN4O2. The lowest BCUT2D eigenvalue weighted by Gasteiger charge is -2.15. The number of hydrogen-bond acceptors (Lipinski definition) is 3. The number of nitrogens with zero attached hydrogens (tertiary/aromatic N) is 1. The van der Waals surface area contributed by atoms with E-state index in [0.717, 1.165) is 37.5 Å². The van der Waals surface area contributed by atoms with E-state index in [2.05, 4.69) is 15.6 Å². The lowest BCUT2D eigenvalue weighted by Crippen LogP contribution is -2.40. The number of nitrogens with two attached hydrogens (primary N) is 1. The Morgan fingerprint density at radius 2 is 2.09 bits per heavy atom. The first-order valence-corrected chi connectivity index (χ1v) is 7.14. The van der Waals surface area contributed by atoms with Crippen molar-refractivity contribution in [3.8, 4) is 0 Å². The number of primary amides is 1. The SMILES string of the molecule is CN=C(NCc1ccc(C(N)=O)cc1)NCC1CCCO1.I. The highest BCUT2D eigenvalue weighted by Gasteiger charge is 2.15. The third kappa shape index (κ3) is 5.80. The Morgan fingerprint density at radius 3 is 2.64 bits per heavy atom. The fraction of sp³-hybridized carbons (Fsp3) is 0.467. The van der Waals surface area contributed by atoms with Crippen LogP contribution >= 0.6 is 24.0 Å². The Balaban J connectivity index is 0.00000242. The zero-order valence-electron chi connectivity index (χ0n) is 12.7. The molecule has 1 aliphatic heterocycles. The molecule has 0 aliphatic carbocycles. The molecule has 7 heteroatoms. The monoisotopic (exact) mass is 418 g/mol. The Morgan fingerprint density at radius 1 is 1.36 bits per heavy atom. The molecule has 0 radical (unpaired) electrons. The van der Waals surface area contributed by atoms with Gasteiger partial charge in [0.2, 0.25) is 5.91 Å². The van der Waals surface area contributed by atoms with E-state index in [-0.39, 0.29) is 30.1 Å². The van der Waals surface area contributed by atoms with E-state index >= 15 is 0 Å². The van der Waals surface area contributed by atoms with E-state index in [1.54, 1.807) is 19.2 Å². The minimum atomic E-state index is -0.413. The van der Waals surface area contributed by atoms with Gasteiger partial charge in [-0.3, -0.25) is 9.79 Å². The van der Waals surface area contributed by atoms with E-state index in [1.165, 1.54) is 0 Å². The van der Waals surface area contributed by atoms with Gasteiger partial charge in [0.05, 0.1) is 6.10 Å². The molecular weight excluding hydrogens is 395 g/mol. The number of carbonyl (C=O) groups is 1. The molecule has 1 atom stereocenters. The number of amides is 1. The summed E-state index contributed by atoms with van der Waals surface area (Å²) in [5, 5.41) is 6.48. The molecule has 1 aromatic carbocycles. The number of halogens is 1. The second kappa shape index (κ2) is 9.62. The van der Waals surface area contributed by atoms with Crippen LogP contribution in [0, 0.1) is 0 Å². The number of benzene rings is 1. The van der Waals surface area contributed by atoms with Crippen molar-refractivity contribution in [3.05, 3.63) is 35.4 Å². The molecule has 1 aliphatic rings. The third-order valence-electron chi connectivity index (χ3n) is 3.44. The summed E-state index contributed by atoms with van der Waals surface area (Å²) in [5.41, 5.74) is 6.78. The van der Waals surface area contributed by atoms with Crippen molar-refractivity contribution >= 4 is 35.8 Å². The molecule has 0 saturated carbocycles. The van der Waals surface area contributed by atoms with Crippen molar-refractivity contribution in [1.82, 2.24) is 10.6 Å². The highest BCUT2D eigenvalue weighted by atomic mass is 127. The van der Waals surface area contributed by atoms with Gasteiger partial charge in [-0.2, -0.15) is 0 Å². The lowest BCUT2D eigenvalue weighted by atomic mass is 10.1. The second-order valence-corrected chi connectivity index (χ2v) is 5.00. The number of aliphatic imine (C=N–C) groups is 1. The van der Waals surface area contributed by atoms with Crippen LogP contribution in [0.3, 0.4) is 0 Å². The van der Waals surface area contributed by atoms with Gasteiger partial charge >= 0.3 is 0 Å². The minimum Gasteiger partial charge on any atom is -0.376 e. The summed E-state index contributed by atoms with van der Waals surface area (Å²) in [6, 6.07) is 7.20. The third-order valence-corrected chi connectivity index (χ3v) is 3.44. The number of rotatable bonds is 5. The quantitative estimate of drug-likeness (QED) is 0.382. The molecule has 1 amide bonds. The van der Waals surface area contributed by atoms with Gasteiger partial charge in [0.1, 0.15) is 0 Å². The number of guanidine groups is 1. The van der Waals surface area contributed by atoms with Gasteiger partial charge in [-0.05, 0) is 30.5 Å². The predicted octanol–water partition coefficient (Wildman–Crippen LogP) is 1.25. The molecule has 1 aromatic rings. The Hall–Kier alpha value is -1.35. The molecule has 122 valence electrons. The average Bonchev–Trinajstić information content (AvgIpc) is 3.01. The largest absolute Gasteiger partial charge is 0.376 e. The van der Waals surface area contributed by atoms with Crippen molar-refractivity contribution in [2.75, 3.05) is 20.2 Å². The fourth-order valence-corrected chi connectivity index (χ4v) is 2.21. The van der Waals surface area contributed by atoms with Crippen LogP contribution in [0.15, 0.2) is 29.3 Å².